The molecule has 15 heteroatoms. The van der Waals surface area contributed by atoms with E-state index in [0.717, 1.165) is 142 Å². The van der Waals surface area contributed by atoms with Crippen LogP contribution < -0.4 is 42.6 Å². The molecule has 0 fully saturated rings. The average molecular weight is 1210 g/mol. The molecule has 6 aromatic rings. The molecule has 0 unspecified atom stereocenters. The lowest BCUT2D eigenvalue weighted by Crippen LogP contribution is -2.28. The van der Waals surface area contributed by atoms with Crippen molar-refractivity contribution in [2.75, 3.05) is 119 Å². The highest BCUT2D eigenvalue weighted by molar-refractivity contribution is 6.25. The summed E-state index contributed by atoms with van der Waals surface area (Å²) in [4.78, 5) is 46.3. The number of ether oxygens (including phenoxy) is 9. The van der Waals surface area contributed by atoms with Crippen molar-refractivity contribution in [1.29, 1.82) is 0 Å². The Labute approximate surface area is 523 Å². The molecule has 0 spiro atoms. The Kier molecular flexibility index (Phi) is 26.4. The fourth-order valence-corrected chi connectivity index (χ4v) is 11.1. The summed E-state index contributed by atoms with van der Waals surface area (Å²) in [6.07, 6.45) is 4.71. The van der Waals surface area contributed by atoms with Gasteiger partial charge in [-0.05, 0) is 108 Å². The van der Waals surface area contributed by atoms with Crippen LogP contribution in [-0.4, -0.2) is 151 Å². The Morgan fingerprint density at radius 2 is 0.614 bits per heavy atom. The first-order chi connectivity index (χ1) is 42.9. The van der Waals surface area contributed by atoms with Gasteiger partial charge in [0.25, 0.3) is 0 Å². The lowest BCUT2D eigenvalue weighted by Gasteiger charge is -2.19. The van der Waals surface area contributed by atoms with E-state index in [1.54, 1.807) is 7.11 Å². The van der Waals surface area contributed by atoms with E-state index in [-0.39, 0.29) is 17.3 Å². The highest BCUT2D eigenvalue weighted by Gasteiger charge is 2.36. The maximum absolute atomic E-state index is 13.2. The lowest BCUT2D eigenvalue weighted by atomic mass is 10.0. The molecule has 474 valence electrons. The summed E-state index contributed by atoms with van der Waals surface area (Å²) >= 11 is 0. The Morgan fingerprint density at radius 1 is 0.307 bits per heavy atom. The van der Waals surface area contributed by atoms with Gasteiger partial charge in [0.2, 0.25) is 0 Å². The SMILES string of the molecule is CCCCOc1cc(OCCC)cc2c1-c1c(OCCN(CC)CC)cccc1C2=O.CCCOc1cc(OC)c2c(c1)C(=O)c1cccc(OCCN(CC)CC)c1-2.CCCOc1cc(OCC)c2c(c1)C(=O)c1cccc(OCCN(CC)CC)c1-2. The quantitative estimate of drug-likeness (QED) is 0.0353. The van der Waals surface area contributed by atoms with Crippen LogP contribution in [0.1, 0.15) is 156 Å². The molecule has 3 aliphatic rings. The highest BCUT2D eigenvalue weighted by atomic mass is 16.5. The van der Waals surface area contributed by atoms with Gasteiger partial charge in [0.15, 0.2) is 17.3 Å². The Hall–Kier alpha value is -7.59. The molecule has 0 saturated heterocycles. The van der Waals surface area contributed by atoms with E-state index in [9.17, 15) is 14.4 Å². The first-order valence-electron chi connectivity index (χ1n) is 32.2. The predicted octanol–water partition coefficient (Wildman–Crippen LogP) is 14.8. The number of carbonyl (C=O) groups excluding carboxylic acids is 3. The van der Waals surface area contributed by atoms with Crippen molar-refractivity contribution >= 4 is 17.3 Å². The molecular weight excluding hydrogens is 1110 g/mol. The number of carbonyl (C=O) groups is 3. The van der Waals surface area contributed by atoms with E-state index >= 15 is 0 Å². The molecule has 0 heterocycles. The molecule has 0 aromatic heterocycles. The first kappa shape index (κ1) is 67.9. The van der Waals surface area contributed by atoms with Crippen molar-refractivity contribution in [2.24, 2.45) is 0 Å². The van der Waals surface area contributed by atoms with Crippen molar-refractivity contribution < 1.29 is 57.0 Å². The van der Waals surface area contributed by atoms with Crippen molar-refractivity contribution in [3.8, 4) is 85.1 Å². The van der Waals surface area contributed by atoms with E-state index in [0.29, 0.717) is 121 Å². The van der Waals surface area contributed by atoms with Gasteiger partial charge >= 0.3 is 0 Å². The Bertz CT molecular complexity index is 3270. The van der Waals surface area contributed by atoms with Crippen LogP contribution in [0, 0.1) is 0 Å². The fraction of sp³-hybridized carbons (Fsp3) is 0.466. The molecule has 0 saturated carbocycles. The zero-order valence-corrected chi connectivity index (χ0v) is 54.5. The van der Waals surface area contributed by atoms with Gasteiger partial charge in [0.1, 0.15) is 71.6 Å². The highest BCUT2D eigenvalue weighted by Crippen LogP contribution is 2.52. The fourth-order valence-electron chi connectivity index (χ4n) is 11.1. The number of fused-ring (bicyclic) bond motifs is 9. The van der Waals surface area contributed by atoms with Gasteiger partial charge in [0, 0.05) is 105 Å². The summed E-state index contributed by atoms with van der Waals surface area (Å²) in [6.45, 7) is 36.2. The van der Waals surface area contributed by atoms with E-state index in [4.69, 9.17) is 42.6 Å². The number of unbranched alkanes of at least 4 members (excludes halogenated alkanes) is 1. The molecule has 0 aliphatic heterocycles. The minimum atomic E-state index is -0.0144. The van der Waals surface area contributed by atoms with E-state index in [1.165, 1.54) is 0 Å². The minimum absolute atomic E-state index is 0.00137. The molecule has 9 rings (SSSR count). The molecule has 0 radical (unpaired) electrons. The summed E-state index contributed by atoms with van der Waals surface area (Å²) in [7, 11) is 1.62. The largest absolute Gasteiger partial charge is 0.496 e. The van der Waals surface area contributed by atoms with E-state index < -0.39 is 0 Å². The van der Waals surface area contributed by atoms with Gasteiger partial charge < -0.3 is 57.3 Å². The van der Waals surface area contributed by atoms with Crippen LogP contribution in [0.5, 0.6) is 51.7 Å². The second-order valence-corrected chi connectivity index (χ2v) is 21.6. The molecule has 15 nitrogen and oxygen atoms in total. The third-order valence-electron chi connectivity index (χ3n) is 15.9. The third-order valence-corrected chi connectivity index (χ3v) is 15.9. The average Bonchev–Trinajstić information content (AvgIpc) is 1.68. The molecule has 88 heavy (non-hydrogen) atoms. The third kappa shape index (κ3) is 16.2. The molecule has 0 bridgehead atoms. The van der Waals surface area contributed by atoms with Gasteiger partial charge in [-0.25, -0.2) is 0 Å². The maximum Gasteiger partial charge on any atom is 0.194 e. The Morgan fingerprint density at radius 3 is 0.920 bits per heavy atom. The summed E-state index contributed by atoms with van der Waals surface area (Å²) < 4.78 is 53.5. The van der Waals surface area contributed by atoms with Crippen LogP contribution >= 0.6 is 0 Å². The van der Waals surface area contributed by atoms with E-state index in [2.05, 4.69) is 77.0 Å². The van der Waals surface area contributed by atoms with Crippen molar-refractivity contribution in [3.63, 3.8) is 0 Å². The lowest BCUT2D eigenvalue weighted by molar-refractivity contribution is 0.103. The molecule has 0 amide bonds. The van der Waals surface area contributed by atoms with Crippen molar-refractivity contribution in [2.45, 2.75) is 108 Å². The van der Waals surface area contributed by atoms with Gasteiger partial charge in [-0.1, -0.05) is 112 Å². The number of likely N-dealkylation sites (N-methyl/N-ethyl adjacent to an activating group) is 3. The van der Waals surface area contributed by atoms with Crippen LogP contribution in [0.3, 0.4) is 0 Å². The number of nitrogens with zero attached hydrogens (tertiary/aromatic N) is 3. The Balaban J connectivity index is 0.000000189. The normalized spacial score (nSPS) is 12.1. The summed E-state index contributed by atoms with van der Waals surface area (Å²) in [5, 5.41) is 0. The predicted molar refractivity (Wildman–Crippen MR) is 351 cm³/mol. The maximum atomic E-state index is 13.2. The zero-order valence-electron chi connectivity index (χ0n) is 54.5. The van der Waals surface area contributed by atoms with Gasteiger partial charge in [-0.3, -0.25) is 14.4 Å². The first-order valence-corrected chi connectivity index (χ1v) is 32.2. The zero-order chi connectivity index (χ0) is 63.1. The van der Waals surface area contributed by atoms with Gasteiger partial charge in [0.05, 0.1) is 40.1 Å². The van der Waals surface area contributed by atoms with E-state index in [1.807, 2.05) is 105 Å². The minimum Gasteiger partial charge on any atom is -0.496 e. The monoisotopic (exact) mass is 1210 g/mol. The standard InChI is InChI=1S/C26H35NO4.C24H31NO4.C23H29NO4/c1-5-9-15-30-23-18-19(29-14-6-2)17-21-25(23)24-20(26(21)28)11-10-12-22(24)31-16-13-27(7-3)8-4;1-5-13-28-17-15-19-23(21(16-17)27-8-4)22-18(24(19)26)10-9-11-20(22)29-14-12-25(6-2)7-3;1-5-12-27-16-14-18-22(20(15-16)26-4)21-17(23(18)25)9-8-10-19(21)28-13-11-24(6-2)7-3/h10-12,17-18H,5-9,13-16H2,1-4H3;9-11,15-16H,5-8,12-14H2,1-4H3;8-10,14-15H,5-7,11-13H2,1-4H3. The van der Waals surface area contributed by atoms with Gasteiger partial charge in [-0.15, -0.1) is 0 Å². The number of methoxy groups -OCH3 is 1. The summed E-state index contributed by atoms with van der Waals surface area (Å²) in [6, 6.07) is 28.2. The van der Waals surface area contributed by atoms with Crippen LogP contribution in [0.4, 0.5) is 0 Å². The molecule has 6 aromatic carbocycles. The van der Waals surface area contributed by atoms with Crippen LogP contribution in [0.15, 0.2) is 91.0 Å². The van der Waals surface area contributed by atoms with Crippen LogP contribution in [0.25, 0.3) is 33.4 Å². The smallest absolute Gasteiger partial charge is 0.194 e. The summed E-state index contributed by atoms with van der Waals surface area (Å²) in [5.41, 5.74) is 8.79. The number of benzene rings is 6. The molecule has 3 aliphatic carbocycles. The van der Waals surface area contributed by atoms with Crippen LogP contribution in [-0.2, 0) is 0 Å². The molecular formula is C73H95N3O12. The number of hydrogen-bond donors (Lipinski definition) is 0. The topological polar surface area (TPSA) is 144 Å². The molecule has 0 N–H and O–H groups in total. The van der Waals surface area contributed by atoms with Gasteiger partial charge in [-0.2, -0.15) is 0 Å². The van der Waals surface area contributed by atoms with Crippen molar-refractivity contribution in [1.82, 2.24) is 14.7 Å². The number of hydrogen-bond acceptors (Lipinski definition) is 15. The second kappa shape index (κ2) is 34.2. The van der Waals surface area contributed by atoms with Crippen LogP contribution in [0.2, 0.25) is 0 Å². The number of ketones is 3. The number of rotatable bonds is 34. The second-order valence-electron chi connectivity index (χ2n) is 21.6. The summed E-state index contributed by atoms with van der Waals surface area (Å²) in [5.74, 6) is 6.16. The van der Waals surface area contributed by atoms with Crippen molar-refractivity contribution in [3.05, 3.63) is 124 Å². The molecule has 0 atom stereocenters.